The van der Waals surface area contributed by atoms with Crippen LogP contribution in [0.15, 0.2) is 0 Å². The number of sulfone groups is 1. The van der Waals surface area contributed by atoms with Gasteiger partial charge >= 0.3 is 0 Å². The molecule has 0 bridgehead atoms. The summed E-state index contributed by atoms with van der Waals surface area (Å²) in [5.41, 5.74) is 0. The van der Waals surface area contributed by atoms with Gasteiger partial charge in [0.05, 0.1) is 10.5 Å². The fraction of sp³-hybridized carbons (Fsp3) is 0.923. The minimum atomic E-state index is -2.81. The average Bonchev–Trinajstić information content (AvgIpc) is 2.16. The highest BCUT2D eigenvalue weighted by Gasteiger charge is 2.19. The molecule has 0 saturated heterocycles. The van der Waals surface area contributed by atoms with E-state index in [1.54, 1.807) is 27.7 Å². The largest absolute Gasteiger partial charge is 0.299 e. The molecule has 0 atom stereocenters. The normalized spacial score (nSPS) is 12.0. The van der Waals surface area contributed by atoms with Crippen molar-refractivity contribution in [2.75, 3.05) is 0 Å². The number of carbonyl (C=O) groups excluding carboxylic acids is 1. The minimum Gasteiger partial charge on any atom is -0.299 e. The molecule has 104 valence electrons. The molecule has 0 fully saturated rings. The maximum atomic E-state index is 11.0. The van der Waals surface area contributed by atoms with Crippen LogP contribution in [0.4, 0.5) is 0 Å². The molecule has 0 radical (unpaired) electrons. The Morgan fingerprint density at radius 3 is 0.941 bits per heavy atom. The van der Waals surface area contributed by atoms with Crippen molar-refractivity contribution in [2.24, 2.45) is 11.8 Å². The van der Waals surface area contributed by atoms with Gasteiger partial charge in [-0.3, -0.25) is 4.79 Å². The fourth-order valence-electron chi connectivity index (χ4n) is 1.21. The van der Waals surface area contributed by atoms with Crippen LogP contribution >= 0.6 is 0 Å². The van der Waals surface area contributed by atoms with Gasteiger partial charge in [-0.2, -0.15) is 0 Å². The van der Waals surface area contributed by atoms with Crippen LogP contribution in [0.25, 0.3) is 0 Å². The summed E-state index contributed by atoms with van der Waals surface area (Å²) in [7, 11) is -2.81. The molecule has 0 aliphatic carbocycles. The van der Waals surface area contributed by atoms with Gasteiger partial charge in [0.15, 0.2) is 9.84 Å². The number of hydrogen-bond donors (Lipinski definition) is 0. The minimum absolute atomic E-state index is 0.204. The predicted octanol–water partition coefficient (Wildman–Crippen LogP) is 3.09. The summed E-state index contributed by atoms with van der Waals surface area (Å²) in [4.78, 5) is 10.8. The predicted molar refractivity (Wildman–Crippen MR) is 73.9 cm³/mol. The Bertz CT molecular complexity index is 288. The highest BCUT2D eigenvalue weighted by molar-refractivity contribution is 7.92. The lowest BCUT2D eigenvalue weighted by Crippen LogP contribution is -2.23. The first-order chi connectivity index (χ1) is 7.44. The Balaban J connectivity index is 0. The average molecular weight is 264 g/mol. The smallest absolute Gasteiger partial charge is 0.154 e. The summed E-state index contributed by atoms with van der Waals surface area (Å²) in [6.07, 6.45) is 0. The zero-order valence-electron chi connectivity index (χ0n) is 12.4. The summed E-state index contributed by atoms with van der Waals surface area (Å²) < 4.78 is 22.1. The van der Waals surface area contributed by atoms with Gasteiger partial charge in [0.1, 0.15) is 5.78 Å². The Kier molecular flexibility index (Phi) is 8.76. The van der Waals surface area contributed by atoms with Crippen LogP contribution in [0, 0.1) is 11.8 Å². The van der Waals surface area contributed by atoms with E-state index in [-0.39, 0.29) is 22.3 Å². The molecule has 0 N–H and O–H groups in total. The van der Waals surface area contributed by atoms with Gasteiger partial charge in [0.2, 0.25) is 0 Å². The zero-order chi connectivity index (χ0) is 14.4. The summed E-state index contributed by atoms with van der Waals surface area (Å²) in [5.74, 6) is 0.759. The number of ketones is 1. The Morgan fingerprint density at radius 2 is 0.941 bits per heavy atom. The maximum Gasteiger partial charge on any atom is 0.154 e. The summed E-state index contributed by atoms with van der Waals surface area (Å²) in [6.45, 7) is 14.5. The van der Waals surface area contributed by atoms with Crippen molar-refractivity contribution in [2.45, 2.75) is 65.9 Å². The number of rotatable bonds is 4. The third kappa shape index (κ3) is 7.53. The van der Waals surface area contributed by atoms with Crippen molar-refractivity contribution in [3.8, 4) is 0 Å². The van der Waals surface area contributed by atoms with E-state index >= 15 is 0 Å². The van der Waals surface area contributed by atoms with Crippen molar-refractivity contribution in [1.82, 2.24) is 0 Å². The lowest BCUT2D eigenvalue weighted by molar-refractivity contribution is -0.124. The van der Waals surface area contributed by atoms with Crippen LogP contribution in [0.3, 0.4) is 0 Å². The molecule has 0 unspecified atom stereocenters. The molecule has 0 heterocycles. The van der Waals surface area contributed by atoms with Crippen molar-refractivity contribution < 1.29 is 13.2 Å². The van der Waals surface area contributed by atoms with Gasteiger partial charge in [-0.1, -0.05) is 27.7 Å². The lowest BCUT2D eigenvalue weighted by Gasteiger charge is -2.09. The van der Waals surface area contributed by atoms with Crippen molar-refractivity contribution in [3.63, 3.8) is 0 Å². The van der Waals surface area contributed by atoms with Gasteiger partial charge in [-0.15, -0.1) is 0 Å². The second-order valence-corrected chi connectivity index (χ2v) is 8.46. The molecule has 0 aromatic carbocycles. The Hall–Kier alpha value is -0.380. The van der Waals surface area contributed by atoms with Gasteiger partial charge in [0.25, 0.3) is 0 Å². The van der Waals surface area contributed by atoms with E-state index < -0.39 is 9.84 Å². The Morgan fingerprint density at radius 1 is 0.706 bits per heavy atom. The molecule has 0 amide bonds. The molecule has 4 heteroatoms. The van der Waals surface area contributed by atoms with Crippen LogP contribution in [-0.4, -0.2) is 24.7 Å². The van der Waals surface area contributed by atoms with Crippen LogP contribution < -0.4 is 0 Å². The van der Waals surface area contributed by atoms with Gasteiger partial charge < -0.3 is 0 Å². The van der Waals surface area contributed by atoms with E-state index in [0.29, 0.717) is 5.78 Å². The van der Waals surface area contributed by atoms with Gasteiger partial charge in [-0.05, 0) is 27.7 Å². The van der Waals surface area contributed by atoms with E-state index in [1.807, 2.05) is 27.7 Å². The third-order valence-electron chi connectivity index (χ3n) is 2.45. The van der Waals surface area contributed by atoms with E-state index in [4.69, 9.17) is 0 Å². The first-order valence-corrected chi connectivity index (χ1v) is 7.81. The van der Waals surface area contributed by atoms with Crippen LogP contribution in [0.2, 0.25) is 0 Å². The molecule has 17 heavy (non-hydrogen) atoms. The maximum absolute atomic E-state index is 11.0. The molecule has 0 aromatic rings. The monoisotopic (exact) mass is 264 g/mol. The van der Waals surface area contributed by atoms with E-state index in [2.05, 4.69) is 0 Å². The number of carbonyl (C=O) groups is 1. The van der Waals surface area contributed by atoms with Crippen LogP contribution in [-0.2, 0) is 14.6 Å². The lowest BCUT2D eigenvalue weighted by atomic mass is 9.99. The van der Waals surface area contributed by atoms with Gasteiger partial charge in [0, 0.05) is 11.8 Å². The third-order valence-corrected chi connectivity index (χ3v) is 5.08. The van der Waals surface area contributed by atoms with Crippen LogP contribution in [0.5, 0.6) is 0 Å². The van der Waals surface area contributed by atoms with E-state index in [0.717, 1.165) is 0 Å². The van der Waals surface area contributed by atoms with Gasteiger partial charge in [-0.25, -0.2) is 8.42 Å². The Labute approximate surface area is 107 Å². The first kappa shape index (κ1) is 19.0. The van der Waals surface area contributed by atoms with Crippen molar-refractivity contribution in [3.05, 3.63) is 0 Å². The highest BCUT2D eigenvalue weighted by Crippen LogP contribution is 2.06. The zero-order valence-corrected chi connectivity index (χ0v) is 13.3. The molecular formula is C13H28O3S. The standard InChI is InChI=1S/C7H14O.C6H14O2S/c1-5(2)7(8)6(3)4;1-5(2)9(7,8)6(3)4/h5-6H,1-4H3;5-6H,1-4H3. The first-order valence-electron chi connectivity index (χ1n) is 6.21. The van der Waals surface area contributed by atoms with E-state index in [9.17, 15) is 13.2 Å². The second kappa shape index (κ2) is 7.85. The SMILES string of the molecule is CC(C)C(=O)C(C)C.CC(C)S(=O)(=O)C(C)C. The molecule has 0 aromatic heterocycles. The molecular weight excluding hydrogens is 236 g/mol. The topological polar surface area (TPSA) is 51.2 Å². The molecule has 0 aliphatic heterocycles. The second-order valence-electron chi connectivity index (χ2n) is 5.40. The molecule has 0 spiro atoms. The molecule has 0 rings (SSSR count). The number of Topliss-reactive ketones (excluding diaryl/α,β-unsaturated/α-hetero) is 1. The van der Waals surface area contributed by atoms with Crippen molar-refractivity contribution in [1.29, 1.82) is 0 Å². The summed E-state index contributed by atoms with van der Waals surface area (Å²) in [5, 5.41) is -0.477. The number of hydrogen-bond acceptors (Lipinski definition) is 3. The van der Waals surface area contributed by atoms with Crippen molar-refractivity contribution >= 4 is 15.6 Å². The molecule has 3 nitrogen and oxygen atoms in total. The fourth-order valence-corrected chi connectivity index (χ4v) is 2.30. The van der Waals surface area contributed by atoms with Crippen LogP contribution in [0.1, 0.15) is 55.4 Å². The summed E-state index contributed by atoms with van der Waals surface area (Å²) in [6, 6.07) is 0. The quantitative estimate of drug-likeness (QED) is 0.784. The molecule has 0 saturated carbocycles. The molecule has 0 aliphatic rings. The summed E-state index contributed by atoms with van der Waals surface area (Å²) >= 11 is 0. The highest BCUT2D eigenvalue weighted by atomic mass is 32.2. The van der Waals surface area contributed by atoms with E-state index in [1.165, 1.54) is 0 Å².